The van der Waals surface area contributed by atoms with Gasteiger partial charge in [0.25, 0.3) is 5.91 Å². The van der Waals surface area contributed by atoms with Gasteiger partial charge < -0.3 is 18.9 Å². The lowest BCUT2D eigenvalue weighted by Crippen LogP contribution is -2.29. The highest BCUT2D eigenvalue weighted by atomic mass is 16.6. The molecule has 1 aliphatic heterocycles. The molecule has 0 spiro atoms. The van der Waals surface area contributed by atoms with E-state index in [1.165, 1.54) is 6.07 Å². The number of carbonyl (C=O) groups is 2. The molecule has 1 N–H and O–H groups in total. The number of nitrogens with zero attached hydrogens (tertiary/aromatic N) is 2. The van der Waals surface area contributed by atoms with Gasteiger partial charge >= 0.3 is 6.09 Å². The van der Waals surface area contributed by atoms with Crippen LogP contribution in [0.4, 0.5) is 10.7 Å². The molecule has 1 atom stereocenters. The third-order valence-electron chi connectivity index (χ3n) is 3.48. The molecule has 1 saturated heterocycles. The van der Waals surface area contributed by atoms with Crippen molar-refractivity contribution < 1.29 is 23.6 Å². The SMILES string of the molecule is CCOCC1CCN(C(=O)c2cc(NC(=O)OC(C)(C)C)on2)C1. The van der Waals surface area contributed by atoms with Gasteiger partial charge in [0.05, 0.1) is 6.61 Å². The largest absolute Gasteiger partial charge is 0.444 e. The molecule has 24 heavy (non-hydrogen) atoms. The average Bonchev–Trinajstić information content (AvgIpc) is 3.11. The fourth-order valence-electron chi connectivity index (χ4n) is 2.44. The lowest BCUT2D eigenvalue weighted by molar-refractivity contribution is 0.0631. The van der Waals surface area contributed by atoms with Crippen LogP contribution in [0.1, 0.15) is 44.6 Å². The fourth-order valence-corrected chi connectivity index (χ4v) is 2.44. The Labute approximate surface area is 141 Å². The molecule has 8 heteroatoms. The third-order valence-corrected chi connectivity index (χ3v) is 3.48. The molecular weight excluding hydrogens is 314 g/mol. The average molecular weight is 339 g/mol. The molecule has 2 heterocycles. The van der Waals surface area contributed by atoms with Gasteiger partial charge in [-0.2, -0.15) is 0 Å². The zero-order valence-corrected chi connectivity index (χ0v) is 14.6. The van der Waals surface area contributed by atoms with Crippen molar-refractivity contribution in [3.63, 3.8) is 0 Å². The smallest absolute Gasteiger partial charge is 0.414 e. The molecule has 2 amide bonds. The van der Waals surface area contributed by atoms with Gasteiger partial charge in [0.2, 0.25) is 5.88 Å². The summed E-state index contributed by atoms with van der Waals surface area (Å²) in [6.07, 6.45) is 0.252. The summed E-state index contributed by atoms with van der Waals surface area (Å²) in [7, 11) is 0. The van der Waals surface area contributed by atoms with Gasteiger partial charge in [-0.1, -0.05) is 5.16 Å². The molecule has 0 aromatic carbocycles. The highest BCUT2D eigenvalue weighted by Crippen LogP contribution is 2.20. The first-order valence-corrected chi connectivity index (χ1v) is 8.12. The maximum absolute atomic E-state index is 12.4. The van der Waals surface area contributed by atoms with E-state index < -0.39 is 11.7 Å². The van der Waals surface area contributed by atoms with Crippen molar-refractivity contribution >= 4 is 17.9 Å². The van der Waals surface area contributed by atoms with Crippen LogP contribution in [0.15, 0.2) is 10.6 Å². The maximum Gasteiger partial charge on any atom is 0.414 e. The van der Waals surface area contributed by atoms with E-state index >= 15 is 0 Å². The van der Waals surface area contributed by atoms with E-state index in [0.717, 1.165) is 6.42 Å². The van der Waals surface area contributed by atoms with Gasteiger partial charge in [-0.25, -0.2) is 4.79 Å². The summed E-state index contributed by atoms with van der Waals surface area (Å²) in [5.74, 6) is 0.216. The number of amides is 2. The first-order chi connectivity index (χ1) is 11.3. The standard InChI is InChI=1S/C16H25N3O5/c1-5-22-10-11-6-7-19(9-11)14(20)12-8-13(24-18-12)17-15(21)23-16(2,3)4/h8,11H,5-7,9-10H2,1-4H3,(H,17,21). The predicted molar refractivity (Wildman–Crippen MR) is 86.9 cm³/mol. The molecule has 0 bridgehead atoms. The lowest BCUT2D eigenvalue weighted by Gasteiger charge is -2.18. The van der Waals surface area contributed by atoms with Crippen molar-refractivity contribution in [2.24, 2.45) is 5.92 Å². The first-order valence-electron chi connectivity index (χ1n) is 8.12. The summed E-state index contributed by atoms with van der Waals surface area (Å²) in [5.41, 5.74) is -0.452. The lowest BCUT2D eigenvalue weighted by atomic mass is 10.1. The Balaban J connectivity index is 1.88. The minimum Gasteiger partial charge on any atom is -0.444 e. The number of hydrogen-bond donors (Lipinski definition) is 1. The van der Waals surface area contributed by atoms with Crippen LogP contribution in [0.3, 0.4) is 0 Å². The Hall–Kier alpha value is -2.09. The zero-order valence-electron chi connectivity index (χ0n) is 14.6. The van der Waals surface area contributed by atoms with Crippen molar-refractivity contribution in [2.75, 3.05) is 31.6 Å². The minimum atomic E-state index is -0.657. The molecular formula is C16H25N3O5. The first kappa shape index (κ1) is 18.3. The summed E-state index contributed by atoms with van der Waals surface area (Å²) < 4.78 is 15.5. The molecule has 1 aromatic heterocycles. The predicted octanol–water partition coefficient (Wildman–Crippen LogP) is 2.52. The molecule has 0 radical (unpaired) electrons. The van der Waals surface area contributed by atoms with Crippen molar-refractivity contribution in [3.8, 4) is 0 Å². The van der Waals surface area contributed by atoms with Crippen molar-refractivity contribution in [1.29, 1.82) is 0 Å². The highest BCUT2D eigenvalue weighted by Gasteiger charge is 2.29. The number of ether oxygens (including phenoxy) is 2. The molecule has 1 aliphatic rings. The normalized spacial score (nSPS) is 17.8. The minimum absolute atomic E-state index is 0.0812. The molecule has 1 fully saturated rings. The summed E-state index contributed by atoms with van der Waals surface area (Å²) in [6, 6.07) is 1.40. The van der Waals surface area contributed by atoms with Crippen LogP contribution in [-0.4, -0.2) is 54.0 Å². The molecule has 0 aliphatic carbocycles. The van der Waals surface area contributed by atoms with Gasteiger partial charge in [-0.15, -0.1) is 0 Å². The van der Waals surface area contributed by atoms with E-state index in [4.69, 9.17) is 14.0 Å². The molecule has 134 valence electrons. The Bertz CT molecular complexity index is 579. The van der Waals surface area contributed by atoms with Gasteiger partial charge in [-0.3, -0.25) is 10.1 Å². The van der Waals surface area contributed by atoms with E-state index in [9.17, 15) is 9.59 Å². The van der Waals surface area contributed by atoms with Gasteiger partial charge in [-0.05, 0) is 34.1 Å². The van der Waals surface area contributed by atoms with E-state index in [2.05, 4.69) is 10.5 Å². The Kier molecular flexibility index (Phi) is 5.82. The summed E-state index contributed by atoms with van der Waals surface area (Å²) >= 11 is 0. The highest BCUT2D eigenvalue weighted by molar-refractivity contribution is 5.94. The second-order valence-electron chi connectivity index (χ2n) is 6.77. The van der Waals surface area contributed by atoms with Gasteiger partial charge in [0.15, 0.2) is 5.69 Å². The van der Waals surface area contributed by atoms with E-state index in [1.807, 2.05) is 6.92 Å². The van der Waals surface area contributed by atoms with Crippen molar-refractivity contribution in [3.05, 3.63) is 11.8 Å². The Morgan fingerprint density at radius 3 is 2.88 bits per heavy atom. The number of rotatable bonds is 5. The second-order valence-corrected chi connectivity index (χ2v) is 6.77. The van der Waals surface area contributed by atoms with E-state index in [-0.39, 0.29) is 17.5 Å². The molecule has 1 aromatic rings. The van der Waals surface area contributed by atoms with Crippen molar-refractivity contribution in [2.45, 2.75) is 39.7 Å². The number of hydrogen-bond acceptors (Lipinski definition) is 6. The van der Waals surface area contributed by atoms with Crippen LogP contribution >= 0.6 is 0 Å². The Morgan fingerprint density at radius 1 is 1.46 bits per heavy atom. The summed E-state index contributed by atoms with van der Waals surface area (Å²) in [5, 5.41) is 6.15. The van der Waals surface area contributed by atoms with E-state index in [0.29, 0.717) is 32.2 Å². The molecule has 8 nitrogen and oxygen atoms in total. The van der Waals surface area contributed by atoms with Gasteiger partial charge in [0, 0.05) is 31.7 Å². The molecule has 0 saturated carbocycles. The number of anilines is 1. The quantitative estimate of drug-likeness (QED) is 0.886. The number of aromatic nitrogens is 1. The topological polar surface area (TPSA) is 93.9 Å². The van der Waals surface area contributed by atoms with Crippen LogP contribution < -0.4 is 5.32 Å². The number of likely N-dealkylation sites (tertiary alicyclic amines) is 1. The maximum atomic E-state index is 12.4. The van der Waals surface area contributed by atoms with Crippen LogP contribution in [-0.2, 0) is 9.47 Å². The van der Waals surface area contributed by atoms with E-state index in [1.54, 1.807) is 25.7 Å². The second kappa shape index (κ2) is 7.65. The number of nitrogens with one attached hydrogen (secondary N) is 1. The van der Waals surface area contributed by atoms with Gasteiger partial charge in [0.1, 0.15) is 5.60 Å². The fraction of sp³-hybridized carbons (Fsp3) is 0.688. The zero-order chi connectivity index (χ0) is 17.7. The third kappa shape index (κ3) is 5.23. The summed E-state index contributed by atoms with van der Waals surface area (Å²) in [6.45, 7) is 9.86. The summed E-state index contributed by atoms with van der Waals surface area (Å²) in [4.78, 5) is 25.8. The monoisotopic (exact) mass is 339 g/mol. The molecule has 1 unspecified atom stereocenters. The van der Waals surface area contributed by atoms with Crippen LogP contribution in [0, 0.1) is 5.92 Å². The van der Waals surface area contributed by atoms with Crippen LogP contribution in [0.25, 0.3) is 0 Å². The molecule has 2 rings (SSSR count). The van der Waals surface area contributed by atoms with Crippen LogP contribution in [0.5, 0.6) is 0 Å². The van der Waals surface area contributed by atoms with Crippen LogP contribution in [0.2, 0.25) is 0 Å². The number of carbonyl (C=O) groups excluding carboxylic acids is 2. The van der Waals surface area contributed by atoms with Crippen molar-refractivity contribution in [1.82, 2.24) is 10.1 Å². The Morgan fingerprint density at radius 2 is 2.21 bits per heavy atom.